The summed E-state index contributed by atoms with van der Waals surface area (Å²) in [5.41, 5.74) is 2.05. The molecule has 23 heavy (non-hydrogen) atoms. The van der Waals surface area contributed by atoms with Crippen LogP contribution in [0.3, 0.4) is 0 Å². The standard InChI is InChI=1S/C18H26N4O/c1-21-9-3-5-14(12-21)13-22-17(11-15-6-4-10-23-15)20-16-7-2-8-19-18(16)22/h2,7-8,14-15H,3-6,9-13H2,1H3. The Kier molecular flexibility index (Phi) is 4.31. The van der Waals surface area contributed by atoms with E-state index in [0.717, 1.165) is 43.0 Å². The number of nitrogens with zero attached hydrogens (tertiary/aromatic N) is 4. The fraction of sp³-hybridized carbons (Fsp3) is 0.667. The van der Waals surface area contributed by atoms with Crippen LogP contribution in [0.1, 0.15) is 31.5 Å². The maximum Gasteiger partial charge on any atom is 0.159 e. The van der Waals surface area contributed by atoms with Crippen LogP contribution in [0.5, 0.6) is 0 Å². The molecule has 0 bridgehead atoms. The van der Waals surface area contributed by atoms with Gasteiger partial charge in [0.1, 0.15) is 11.3 Å². The molecule has 2 aromatic heterocycles. The summed E-state index contributed by atoms with van der Waals surface area (Å²) in [6.45, 7) is 4.32. The van der Waals surface area contributed by atoms with Gasteiger partial charge < -0.3 is 14.2 Å². The van der Waals surface area contributed by atoms with Gasteiger partial charge >= 0.3 is 0 Å². The molecule has 2 aliphatic rings. The molecule has 4 rings (SSSR count). The van der Waals surface area contributed by atoms with Crippen LogP contribution in [0.4, 0.5) is 0 Å². The second-order valence-electron chi connectivity index (χ2n) is 7.09. The van der Waals surface area contributed by atoms with Crippen molar-refractivity contribution in [1.29, 1.82) is 0 Å². The van der Waals surface area contributed by atoms with Crippen molar-refractivity contribution in [3.05, 3.63) is 24.2 Å². The first-order valence-corrected chi connectivity index (χ1v) is 8.90. The predicted molar refractivity (Wildman–Crippen MR) is 90.4 cm³/mol. The monoisotopic (exact) mass is 314 g/mol. The number of hydrogen-bond acceptors (Lipinski definition) is 4. The molecule has 2 aliphatic heterocycles. The topological polar surface area (TPSA) is 43.2 Å². The van der Waals surface area contributed by atoms with Crippen molar-refractivity contribution in [2.24, 2.45) is 5.92 Å². The fourth-order valence-electron chi connectivity index (χ4n) is 4.04. The van der Waals surface area contributed by atoms with Crippen LogP contribution in [0.25, 0.3) is 11.2 Å². The molecule has 0 radical (unpaired) electrons. The third-order valence-corrected chi connectivity index (χ3v) is 5.18. The lowest BCUT2D eigenvalue weighted by atomic mass is 9.98. The van der Waals surface area contributed by atoms with Gasteiger partial charge in [-0.25, -0.2) is 9.97 Å². The summed E-state index contributed by atoms with van der Waals surface area (Å²) in [6.07, 6.45) is 8.06. The summed E-state index contributed by atoms with van der Waals surface area (Å²) in [6, 6.07) is 4.05. The van der Waals surface area contributed by atoms with E-state index in [-0.39, 0.29) is 0 Å². The number of fused-ring (bicyclic) bond motifs is 1. The van der Waals surface area contributed by atoms with Gasteiger partial charge in [-0.2, -0.15) is 0 Å². The van der Waals surface area contributed by atoms with Gasteiger partial charge in [0.25, 0.3) is 0 Å². The van der Waals surface area contributed by atoms with E-state index in [1.165, 1.54) is 32.4 Å². The molecule has 2 saturated heterocycles. The molecular weight excluding hydrogens is 288 g/mol. The van der Waals surface area contributed by atoms with Gasteiger partial charge in [0, 0.05) is 32.3 Å². The number of imidazole rings is 1. The number of ether oxygens (including phenoxy) is 1. The molecule has 5 heteroatoms. The van der Waals surface area contributed by atoms with E-state index >= 15 is 0 Å². The summed E-state index contributed by atoms with van der Waals surface area (Å²) < 4.78 is 8.19. The highest BCUT2D eigenvalue weighted by Gasteiger charge is 2.24. The van der Waals surface area contributed by atoms with Gasteiger partial charge in [-0.3, -0.25) is 0 Å². The van der Waals surface area contributed by atoms with Crippen LogP contribution in [-0.2, 0) is 17.7 Å². The minimum absolute atomic E-state index is 0.333. The molecular formula is C18H26N4O. The van der Waals surface area contributed by atoms with E-state index in [1.54, 1.807) is 0 Å². The lowest BCUT2D eigenvalue weighted by molar-refractivity contribution is 0.108. The Labute approximate surface area is 137 Å². The van der Waals surface area contributed by atoms with Crippen molar-refractivity contribution in [2.75, 3.05) is 26.7 Å². The summed E-state index contributed by atoms with van der Waals surface area (Å²) in [5, 5.41) is 0. The Bertz CT molecular complexity index is 662. The zero-order valence-corrected chi connectivity index (χ0v) is 13.9. The summed E-state index contributed by atoms with van der Waals surface area (Å²) in [4.78, 5) is 11.9. The molecule has 124 valence electrons. The van der Waals surface area contributed by atoms with Crippen LogP contribution in [-0.4, -0.2) is 52.3 Å². The molecule has 0 spiro atoms. The van der Waals surface area contributed by atoms with Crippen LogP contribution in [0.15, 0.2) is 18.3 Å². The first-order chi connectivity index (χ1) is 11.3. The van der Waals surface area contributed by atoms with E-state index in [4.69, 9.17) is 9.72 Å². The van der Waals surface area contributed by atoms with Crippen LogP contribution in [0.2, 0.25) is 0 Å². The number of pyridine rings is 1. The molecule has 4 heterocycles. The third kappa shape index (κ3) is 3.26. The third-order valence-electron chi connectivity index (χ3n) is 5.18. The average Bonchev–Trinajstić information content (AvgIpc) is 3.17. The highest BCUT2D eigenvalue weighted by molar-refractivity contribution is 5.71. The van der Waals surface area contributed by atoms with E-state index in [2.05, 4.69) is 27.6 Å². The van der Waals surface area contributed by atoms with Gasteiger partial charge in [-0.05, 0) is 57.3 Å². The minimum atomic E-state index is 0.333. The Morgan fingerprint density at radius 2 is 2.26 bits per heavy atom. The second kappa shape index (κ2) is 6.57. The second-order valence-corrected chi connectivity index (χ2v) is 7.09. The number of aromatic nitrogens is 3. The van der Waals surface area contributed by atoms with Gasteiger partial charge in [-0.1, -0.05) is 0 Å². The Hall–Kier alpha value is -1.46. The maximum atomic E-state index is 5.83. The molecule has 0 N–H and O–H groups in total. The van der Waals surface area contributed by atoms with Crippen molar-refractivity contribution in [3.8, 4) is 0 Å². The van der Waals surface area contributed by atoms with Gasteiger partial charge in [-0.15, -0.1) is 0 Å². The van der Waals surface area contributed by atoms with E-state index < -0.39 is 0 Å². The first-order valence-electron chi connectivity index (χ1n) is 8.90. The molecule has 2 atom stereocenters. The van der Waals surface area contributed by atoms with Crippen LogP contribution in [0, 0.1) is 5.92 Å². The fourth-order valence-corrected chi connectivity index (χ4v) is 4.04. The van der Waals surface area contributed by atoms with Gasteiger partial charge in [0.05, 0.1) is 6.10 Å². The summed E-state index contributed by atoms with van der Waals surface area (Å²) in [5.74, 6) is 1.84. The minimum Gasteiger partial charge on any atom is -0.378 e. The predicted octanol–water partition coefficient (Wildman–Crippen LogP) is 2.49. The molecule has 0 saturated carbocycles. The van der Waals surface area contributed by atoms with Crippen LogP contribution < -0.4 is 0 Å². The van der Waals surface area contributed by atoms with Crippen molar-refractivity contribution in [3.63, 3.8) is 0 Å². The van der Waals surface area contributed by atoms with E-state index in [0.29, 0.717) is 12.0 Å². The molecule has 0 aliphatic carbocycles. The zero-order valence-electron chi connectivity index (χ0n) is 13.9. The smallest absolute Gasteiger partial charge is 0.159 e. The van der Waals surface area contributed by atoms with Gasteiger partial charge in [0.15, 0.2) is 5.65 Å². The van der Waals surface area contributed by atoms with Crippen LogP contribution >= 0.6 is 0 Å². The highest BCUT2D eigenvalue weighted by Crippen LogP contribution is 2.24. The van der Waals surface area contributed by atoms with Crippen molar-refractivity contribution in [1.82, 2.24) is 19.4 Å². The van der Waals surface area contributed by atoms with E-state index in [1.807, 2.05) is 12.3 Å². The molecule has 0 aromatic carbocycles. The maximum absolute atomic E-state index is 5.83. The Balaban J connectivity index is 1.61. The number of piperidine rings is 1. The number of rotatable bonds is 4. The Morgan fingerprint density at radius 1 is 1.30 bits per heavy atom. The van der Waals surface area contributed by atoms with Crippen molar-refractivity contribution >= 4 is 11.2 Å². The highest BCUT2D eigenvalue weighted by atomic mass is 16.5. The number of likely N-dealkylation sites (tertiary alicyclic amines) is 1. The molecule has 2 unspecified atom stereocenters. The SMILES string of the molecule is CN1CCCC(Cn2c(CC3CCCO3)nc3cccnc32)C1. The average molecular weight is 314 g/mol. The summed E-state index contributed by atoms with van der Waals surface area (Å²) >= 11 is 0. The number of hydrogen-bond donors (Lipinski definition) is 0. The molecule has 5 nitrogen and oxygen atoms in total. The first kappa shape index (κ1) is 15.1. The lowest BCUT2D eigenvalue weighted by Crippen LogP contribution is -2.34. The summed E-state index contributed by atoms with van der Waals surface area (Å²) in [7, 11) is 2.23. The van der Waals surface area contributed by atoms with Crippen molar-refractivity contribution < 1.29 is 4.74 Å². The van der Waals surface area contributed by atoms with Gasteiger partial charge in [0.2, 0.25) is 0 Å². The molecule has 2 aromatic rings. The normalized spacial score (nSPS) is 26.1. The lowest BCUT2D eigenvalue weighted by Gasteiger charge is -2.30. The Morgan fingerprint density at radius 3 is 3.09 bits per heavy atom. The van der Waals surface area contributed by atoms with E-state index in [9.17, 15) is 0 Å². The largest absolute Gasteiger partial charge is 0.378 e. The quantitative estimate of drug-likeness (QED) is 0.869. The van der Waals surface area contributed by atoms with Crippen molar-refractivity contribution in [2.45, 2.75) is 44.8 Å². The molecule has 0 amide bonds. The zero-order chi connectivity index (χ0) is 15.6. The molecule has 2 fully saturated rings.